The molecule has 6 nitrogen and oxygen atoms in total. The van der Waals surface area contributed by atoms with Crippen LogP contribution in [0.4, 0.5) is 0 Å². The molecule has 2 heterocycles. The van der Waals surface area contributed by atoms with Crippen molar-refractivity contribution in [2.75, 3.05) is 0 Å². The number of phenols is 2. The summed E-state index contributed by atoms with van der Waals surface area (Å²) in [5.74, 6) is 0.207. The molecule has 0 atom stereocenters. The van der Waals surface area contributed by atoms with Crippen LogP contribution in [-0.2, 0) is 0 Å². The second-order valence-corrected chi connectivity index (χ2v) is 6.36. The van der Waals surface area contributed by atoms with E-state index in [0.717, 1.165) is 10.8 Å². The third-order valence-corrected chi connectivity index (χ3v) is 4.21. The van der Waals surface area contributed by atoms with Gasteiger partial charge in [-0.3, -0.25) is 0 Å². The minimum atomic E-state index is 0.0850. The van der Waals surface area contributed by atoms with E-state index in [1.54, 1.807) is 36.7 Å². The molecule has 2 aromatic carbocycles. The summed E-state index contributed by atoms with van der Waals surface area (Å²) >= 11 is 14.3. The van der Waals surface area contributed by atoms with Crippen molar-refractivity contribution in [3.8, 4) is 11.5 Å². The van der Waals surface area contributed by atoms with E-state index in [9.17, 15) is 10.2 Å². The summed E-state index contributed by atoms with van der Waals surface area (Å²) in [5, 5.41) is 20.7. The summed E-state index contributed by atoms with van der Waals surface area (Å²) in [6.45, 7) is 0. The van der Waals surface area contributed by atoms with Gasteiger partial charge in [-0.05, 0) is 57.3 Å². The molecule has 2 aromatic heterocycles. The minimum Gasteiger partial charge on any atom is -0.506 e. The fourth-order valence-electron chi connectivity index (χ4n) is 2.05. The Balaban J connectivity index is 0.000000146. The fourth-order valence-corrected chi connectivity index (χ4v) is 2.64. The molecule has 0 aliphatic rings. The zero-order chi connectivity index (χ0) is 18.0. The highest BCUT2D eigenvalue weighted by atomic mass is 79.9. The van der Waals surface area contributed by atoms with E-state index in [4.69, 9.17) is 23.2 Å². The number of benzene rings is 2. The molecule has 0 fully saturated rings. The molecule has 2 N–H and O–H groups in total. The van der Waals surface area contributed by atoms with E-state index < -0.39 is 0 Å². The van der Waals surface area contributed by atoms with Gasteiger partial charge in [-0.1, -0.05) is 12.1 Å². The second kappa shape index (κ2) is 7.35. The second-order valence-electron chi connectivity index (χ2n) is 4.83. The number of rotatable bonds is 0. The van der Waals surface area contributed by atoms with Crippen LogP contribution in [0.3, 0.4) is 0 Å². The van der Waals surface area contributed by atoms with Crippen LogP contribution < -0.4 is 0 Å². The summed E-state index contributed by atoms with van der Waals surface area (Å²) < 4.78 is 0.592. The highest BCUT2D eigenvalue weighted by Crippen LogP contribution is 2.31. The number of nitrogens with zero attached hydrogens (tertiary/aromatic N) is 4. The molecule has 0 spiro atoms. The van der Waals surface area contributed by atoms with Gasteiger partial charge in [-0.2, -0.15) is 0 Å². The average Bonchev–Trinajstić information content (AvgIpc) is 2.60. The number of para-hydroxylation sites is 1. The maximum Gasteiger partial charge on any atom is 0.223 e. The van der Waals surface area contributed by atoms with Gasteiger partial charge in [-0.25, -0.2) is 19.9 Å². The summed E-state index contributed by atoms with van der Waals surface area (Å²) in [6.07, 6.45) is 3.14. The molecule has 0 unspecified atom stereocenters. The Kier molecular flexibility index (Phi) is 5.17. The molecule has 0 aliphatic carbocycles. The van der Waals surface area contributed by atoms with Gasteiger partial charge in [-0.15, -0.1) is 0 Å². The van der Waals surface area contributed by atoms with Crippen molar-refractivity contribution in [1.29, 1.82) is 0 Å². The first-order valence-electron chi connectivity index (χ1n) is 6.85. The van der Waals surface area contributed by atoms with Gasteiger partial charge in [0.1, 0.15) is 16.8 Å². The largest absolute Gasteiger partial charge is 0.506 e. The van der Waals surface area contributed by atoms with E-state index in [0.29, 0.717) is 15.5 Å². The molecule has 0 amide bonds. The van der Waals surface area contributed by atoms with Gasteiger partial charge in [0.05, 0.1) is 4.47 Å². The van der Waals surface area contributed by atoms with Crippen LogP contribution in [0.15, 0.2) is 47.2 Å². The van der Waals surface area contributed by atoms with Gasteiger partial charge in [0, 0.05) is 23.2 Å². The molecule has 0 aliphatic heterocycles. The Morgan fingerprint density at radius 3 is 2.08 bits per heavy atom. The lowest BCUT2D eigenvalue weighted by molar-refractivity contribution is 0.477. The molecule has 25 heavy (non-hydrogen) atoms. The predicted octanol–water partition coefficient (Wildman–Crippen LogP) is 4.74. The lowest BCUT2D eigenvalue weighted by atomic mass is 10.2. The van der Waals surface area contributed by atoms with Crippen LogP contribution in [0.1, 0.15) is 0 Å². The Hall–Kier alpha value is -2.22. The topological polar surface area (TPSA) is 92.0 Å². The van der Waals surface area contributed by atoms with E-state index >= 15 is 0 Å². The predicted molar refractivity (Wildman–Crippen MR) is 100 cm³/mol. The molecule has 4 rings (SSSR count). The summed E-state index contributed by atoms with van der Waals surface area (Å²) in [4.78, 5) is 15.4. The minimum absolute atomic E-state index is 0.0850. The number of hydrogen-bond acceptors (Lipinski definition) is 6. The molecular formula is C16H9BrCl2N4O2. The zero-order valence-electron chi connectivity index (χ0n) is 12.4. The highest BCUT2D eigenvalue weighted by Gasteiger charge is 2.06. The lowest BCUT2D eigenvalue weighted by Crippen LogP contribution is -1.84. The SMILES string of the molecule is Oc1c(Br)ccc2cnc(Cl)nc12.Oc1cccc2cnc(Cl)nc12. The first-order chi connectivity index (χ1) is 12.0. The number of halogens is 3. The van der Waals surface area contributed by atoms with Gasteiger partial charge in [0.15, 0.2) is 5.75 Å². The van der Waals surface area contributed by atoms with Crippen molar-refractivity contribution in [1.82, 2.24) is 19.9 Å². The van der Waals surface area contributed by atoms with Crippen LogP contribution in [0, 0.1) is 0 Å². The van der Waals surface area contributed by atoms with E-state index in [2.05, 4.69) is 35.9 Å². The molecule has 126 valence electrons. The number of hydrogen-bond donors (Lipinski definition) is 2. The zero-order valence-corrected chi connectivity index (χ0v) is 15.5. The van der Waals surface area contributed by atoms with Crippen molar-refractivity contribution in [3.05, 3.63) is 57.8 Å². The third kappa shape index (κ3) is 3.89. The third-order valence-electron chi connectivity index (χ3n) is 3.21. The molecule has 0 radical (unpaired) electrons. The van der Waals surface area contributed by atoms with E-state index in [-0.39, 0.29) is 22.1 Å². The van der Waals surface area contributed by atoms with Crippen LogP contribution in [0.2, 0.25) is 10.6 Å². The molecule has 0 saturated carbocycles. The van der Waals surface area contributed by atoms with Crippen LogP contribution in [0.5, 0.6) is 11.5 Å². The molecule has 9 heteroatoms. The number of fused-ring (bicyclic) bond motifs is 2. The first kappa shape index (κ1) is 17.6. The molecule has 4 aromatic rings. The van der Waals surface area contributed by atoms with Gasteiger partial charge in [0.25, 0.3) is 0 Å². The molecule has 0 bridgehead atoms. The standard InChI is InChI=1S/C8H4BrClN2O.C8H5ClN2O/c9-5-2-1-4-3-11-8(10)12-6(4)7(5)13;9-8-10-4-5-2-1-3-6(12)7(5)11-8/h1-3,13H;1-4,12H. The summed E-state index contributed by atoms with van der Waals surface area (Å²) in [6, 6.07) is 8.64. The maximum absolute atomic E-state index is 9.59. The Morgan fingerprint density at radius 2 is 1.40 bits per heavy atom. The van der Waals surface area contributed by atoms with Crippen molar-refractivity contribution in [2.45, 2.75) is 0 Å². The molecular weight excluding hydrogens is 431 g/mol. The van der Waals surface area contributed by atoms with Crippen molar-refractivity contribution < 1.29 is 10.2 Å². The molecule has 0 saturated heterocycles. The van der Waals surface area contributed by atoms with Crippen LogP contribution in [-0.4, -0.2) is 30.1 Å². The highest BCUT2D eigenvalue weighted by molar-refractivity contribution is 9.10. The first-order valence-corrected chi connectivity index (χ1v) is 8.40. The summed E-state index contributed by atoms with van der Waals surface area (Å²) in [5.41, 5.74) is 0.937. The fraction of sp³-hybridized carbons (Fsp3) is 0. The van der Waals surface area contributed by atoms with E-state index in [1.807, 2.05) is 6.07 Å². The number of phenolic OH excluding ortho intramolecular Hbond substituents is 2. The normalized spacial score (nSPS) is 10.5. The van der Waals surface area contributed by atoms with Crippen LogP contribution >= 0.6 is 39.1 Å². The lowest BCUT2D eigenvalue weighted by Gasteiger charge is -2.01. The quantitative estimate of drug-likeness (QED) is 0.384. The smallest absolute Gasteiger partial charge is 0.223 e. The Labute approximate surface area is 160 Å². The van der Waals surface area contributed by atoms with E-state index in [1.165, 1.54) is 0 Å². The summed E-state index contributed by atoms with van der Waals surface area (Å²) in [7, 11) is 0. The van der Waals surface area contributed by atoms with Crippen molar-refractivity contribution in [3.63, 3.8) is 0 Å². The Bertz CT molecular complexity index is 1070. The van der Waals surface area contributed by atoms with Crippen molar-refractivity contribution in [2.24, 2.45) is 0 Å². The van der Waals surface area contributed by atoms with Crippen LogP contribution in [0.25, 0.3) is 21.8 Å². The van der Waals surface area contributed by atoms with Crippen molar-refractivity contribution >= 4 is 60.9 Å². The number of aromatic nitrogens is 4. The van der Waals surface area contributed by atoms with Gasteiger partial charge < -0.3 is 10.2 Å². The Morgan fingerprint density at radius 1 is 0.800 bits per heavy atom. The average molecular weight is 440 g/mol. The van der Waals surface area contributed by atoms with Gasteiger partial charge >= 0.3 is 0 Å². The maximum atomic E-state index is 9.59. The monoisotopic (exact) mass is 438 g/mol. The number of aromatic hydroxyl groups is 2. The van der Waals surface area contributed by atoms with Gasteiger partial charge in [0.2, 0.25) is 10.6 Å².